The van der Waals surface area contributed by atoms with Crippen LogP contribution in [-0.4, -0.2) is 47.4 Å². The van der Waals surface area contributed by atoms with E-state index < -0.39 is 5.91 Å². The van der Waals surface area contributed by atoms with Gasteiger partial charge < -0.3 is 15.5 Å². The number of allylic oxidation sites excluding steroid dienone is 1. The molecule has 4 aliphatic rings. The molecule has 2 bridgehead atoms. The van der Waals surface area contributed by atoms with E-state index in [2.05, 4.69) is 24.8 Å². The topological polar surface area (TPSA) is 79.5 Å². The Morgan fingerprint density at radius 3 is 2.85 bits per heavy atom. The molecule has 6 heteroatoms. The third-order valence-electron chi connectivity index (χ3n) is 6.09. The summed E-state index contributed by atoms with van der Waals surface area (Å²) in [5.74, 6) is 0.437. The van der Waals surface area contributed by atoms with Crippen molar-refractivity contribution in [2.24, 2.45) is 11.7 Å². The Labute approximate surface area is 160 Å². The van der Waals surface area contributed by atoms with E-state index in [4.69, 9.17) is 10.7 Å². The van der Waals surface area contributed by atoms with Crippen LogP contribution >= 0.6 is 0 Å². The van der Waals surface area contributed by atoms with Crippen LogP contribution in [0.25, 0.3) is 0 Å². The molecule has 0 aromatic carbocycles. The molecule has 3 saturated heterocycles. The highest BCUT2D eigenvalue weighted by Gasteiger charge is 2.41. The Bertz CT molecular complexity index is 813. The van der Waals surface area contributed by atoms with Crippen molar-refractivity contribution in [2.45, 2.75) is 52.0 Å². The van der Waals surface area contributed by atoms with Gasteiger partial charge in [0, 0.05) is 31.4 Å². The minimum Gasteiger partial charge on any atom is -0.365 e. The van der Waals surface area contributed by atoms with Gasteiger partial charge in [-0.25, -0.2) is 4.98 Å². The Balaban J connectivity index is 1.67. The molecule has 144 valence electrons. The molecular formula is C21H28N4O2. The molecule has 3 aliphatic heterocycles. The van der Waals surface area contributed by atoms with Crippen LogP contribution in [-0.2, 0) is 17.6 Å². The summed E-state index contributed by atoms with van der Waals surface area (Å²) in [6, 6.07) is 2.09. The largest absolute Gasteiger partial charge is 0.365 e. The number of hydrogen-bond acceptors (Lipinski definition) is 4. The first-order valence-electron chi connectivity index (χ1n) is 9.95. The molecule has 0 spiro atoms. The molecule has 4 heterocycles. The Kier molecular flexibility index (Phi) is 4.66. The second-order valence-corrected chi connectivity index (χ2v) is 8.29. The highest BCUT2D eigenvalue weighted by atomic mass is 16.2. The molecular weight excluding hydrogens is 340 g/mol. The minimum absolute atomic E-state index is 0.0370. The number of nitrogens with zero attached hydrogens (tertiary/aromatic N) is 3. The fourth-order valence-electron chi connectivity index (χ4n) is 4.62. The molecule has 3 fully saturated rings. The van der Waals surface area contributed by atoms with E-state index in [1.54, 1.807) is 0 Å². The molecule has 2 N–H and O–H groups in total. The highest BCUT2D eigenvalue weighted by Crippen LogP contribution is 2.34. The zero-order valence-corrected chi connectivity index (χ0v) is 16.2. The van der Waals surface area contributed by atoms with Gasteiger partial charge in [-0.05, 0) is 57.6 Å². The Hall–Kier alpha value is -2.37. The molecule has 2 amide bonds. The predicted octanol–water partition coefficient (Wildman–Crippen LogP) is 2.06. The van der Waals surface area contributed by atoms with Gasteiger partial charge in [0.1, 0.15) is 5.82 Å². The first kappa shape index (κ1) is 18.0. The number of amides is 2. The molecule has 6 nitrogen and oxygen atoms in total. The number of primary amides is 1. The van der Waals surface area contributed by atoms with Crippen LogP contribution in [0.1, 0.15) is 54.7 Å². The van der Waals surface area contributed by atoms with Gasteiger partial charge in [-0.15, -0.1) is 0 Å². The van der Waals surface area contributed by atoms with Gasteiger partial charge in [-0.3, -0.25) is 9.59 Å². The fourth-order valence-corrected chi connectivity index (χ4v) is 4.62. The second kappa shape index (κ2) is 6.98. The zero-order chi connectivity index (χ0) is 19.1. The summed E-state index contributed by atoms with van der Waals surface area (Å²) in [5.41, 5.74) is 9.63. The van der Waals surface area contributed by atoms with E-state index in [-0.39, 0.29) is 17.9 Å². The van der Waals surface area contributed by atoms with Gasteiger partial charge >= 0.3 is 0 Å². The van der Waals surface area contributed by atoms with Gasteiger partial charge in [-0.1, -0.05) is 11.6 Å². The smallest absolute Gasteiger partial charge is 0.252 e. The van der Waals surface area contributed by atoms with E-state index >= 15 is 0 Å². The quantitative estimate of drug-likeness (QED) is 0.825. The molecule has 1 aliphatic carbocycles. The van der Waals surface area contributed by atoms with Crippen molar-refractivity contribution in [1.29, 1.82) is 0 Å². The summed E-state index contributed by atoms with van der Waals surface area (Å²) in [7, 11) is 0. The van der Waals surface area contributed by atoms with Gasteiger partial charge in [0.25, 0.3) is 5.91 Å². The number of pyridine rings is 1. The van der Waals surface area contributed by atoms with Crippen molar-refractivity contribution in [2.75, 3.05) is 24.5 Å². The van der Waals surface area contributed by atoms with E-state index in [0.717, 1.165) is 43.4 Å². The summed E-state index contributed by atoms with van der Waals surface area (Å²) in [6.45, 7) is 6.11. The van der Waals surface area contributed by atoms with E-state index in [0.29, 0.717) is 31.0 Å². The van der Waals surface area contributed by atoms with Crippen LogP contribution < -0.4 is 10.6 Å². The standard InChI is InChI=1S/C21H28N4O2/c1-13(2)8-9-25-16-7-6-15(21(25)27)11-24(12-16)20-17(19(22)26)10-14-4-3-5-18(14)23-20/h8,10,15-16H,3-7,9,11-12H2,1-2H3,(H2,22,26)/t15-,16+/m0/s1. The van der Waals surface area contributed by atoms with Crippen molar-refractivity contribution in [3.8, 4) is 0 Å². The van der Waals surface area contributed by atoms with Crippen molar-refractivity contribution < 1.29 is 9.59 Å². The number of hydrogen-bond donors (Lipinski definition) is 1. The lowest BCUT2D eigenvalue weighted by atomic mass is 9.94. The number of piperidine rings is 1. The minimum atomic E-state index is -0.434. The maximum atomic E-state index is 13.0. The SMILES string of the molecule is CC(C)=CCN1C(=O)[C@H]2CC[C@@H]1CN(c1nc3c(cc1C(N)=O)CCC3)C2. The summed E-state index contributed by atoms with van der Waals surface area (Å²) in [4.78, 5) is 34.1. The summed E-state index contributed by atoms with van der Waals surface area (Å²) in [6.07, 6.45) is 7.01. The molecule has 5 rings (SSSR count). The number of fused-ring (bicyclic) bond motifs is 5. The van der Waals surface area contributed by atoms with Crippen molar-refractivity contribution in [1.82, 2.24) is 9.88 Å². The maximum absolute atomic E-state index is 13.0. The number of carbonyl (C=O) groups excluding carboxylic acids is 2. The van der Waals surface area contributed by atoms with Crippen LogP contribution in [0.4, 0.5) is 5.82 Å². The molecule has 0 radical (unpaired) electrons. The van der Waals surface area contributed by atoms with Crippen LogP contribution in [0, 0.1) is 5.92 Å². The zero-order valence-electron chi connectivity index (χ0n) is 16.2. The summed E-state index contributed by atoms with van der Waals surface area (Å²) in [5, 5.41) is 0. The molecule has 0 unspecified atom stereocenters. The summed E-state index contributed by atoms with van der Waals surface area (Å²) < 4.78 is 0. The van der Waals surface area contributed by atoms with E-state index in [1.165, 1.54) is 5.57 Å². The van der Waals surface area contributed by atoms with Gasteiger partial charge in [0.2, 0.25) is 5.91 Å². The Morgan fingerprint density at radius 1 is 1.30 bits per heavy atom. The van der Waals surface area contributed by atoms with E-state index in [9.17, 15) is 9.59 Å². The number of carbonyl (C=O) groups is 2. The lowest BCUT2D eigenvalue weighted by Crippen LogP contribution is -2.47. The van der Waals surface area contributed by atoms with Crippen molar-refractivity contribution >= 4 is 17.6 Å². The van der Waals surface area contributed by atoms with Crippen LogP contribution in [0.5, 0.6) is 0 Å². The van der Waals surface area contributed by atoms with Crippen LogP contribution in [0.15, 0.2) is 17.7 Å². The molecule has 27 heavy (non-hydrogen) atoms. The second-order valence-electron chi connectivity index (χ2n) is 8.29. The molecule has 2 atom stereocenters. The average molecular weight is 368 g/mol. The first-order valence-corrected chi connectivity index (χ1v) is 9.95. The lowest BCUT2D eigenvalue weighted by Gasteiger charge is -2.35. The third kappa shape index (κ3) is 3.33. The van der Waals surface area contributed by atoms with E-state index in [1.807, 2.05) is 11.0 Å². The van der Waals surface area contributed by atoms with Gasteiger partial charge in [0.05, 0.1) is 11.5 Å². The first-order chi connectivity index (χ1) is 12.9. The number of aryl methyl sites for hydroxylation is 2. The molecule has 0 saturated carbocycles. The number of anilines is 1. The van der Waals surface area contributed by atoms with Gasteiger partial charge in [-0.2, -0.15) is 0 Å². The maximum Gasteiger partial charge on any atom is 0.252 e. The van der Waals surface area contributed by atoms with Crippen molar-refractivity contribution in [3.05, 3.63) is 34.5 Å². The monoisotopic (exact) mass is 368 g/mol. The average Bonchev–Trinajstić information content (AvgIpc) is 2.92. The fraction of sp³-hybridized carbons (Fsp3) is 0.571. The number of rotatable bonds is 4. The molecule has 1 aromatic heterocycles. The predicted molar refractivity (Wildman–Crippen MR) is 105 cm³/mol. The van der Waals surface area contributed by atoms with Crippen LogP contribution in [0.3, 0.4) is 0 Å². The van der Waals surface area contributed by atoms with Gasteiger partial charge in [0.15, 0.2) is 0 Å². The lowest BCUT2D eigenvalue weighted by molar-refractivity contribution is -0.139. The Morgan fingerprint density at radius 2 is 2.11 bits per heavy atom. The number of nitrogens with two attached hydrogens (primary N) is 1. The van der Waals surface area contributed by atoms with Crippen molar-refractivity contribution in [3.63, 3.8) is 0 Å². The summed E-state index contributed by atoms with van der Waals surface area (Å²) >= 11 is 0. The third-order valence-corrected chi connectivity index (χ3v) is 6.09. The highest BCUT2D eigenvalue weighted by molar-refractivity contribution is 5.98. The van der Waals surface area contributed by atoms with Crippen LogP contribution in [0.2, 0.25) is 0 Å². The molecule has 1 aromatic rings. The number of aromatic nitrogens is 1. The normalized spacial score (nSPS) is 24.0.